The van der Waals surface area contributed by atoms with Gasteiger partial charge in [0.2, 0.25) is 0 Å². The molecule has 8 nitrogen and oxygen atoms in total. The molecule has 19 heavy (non-hydrogen) atoms. The van der Waals surface area contributed by atoms with Crippen LogP contribution < -0.4 is 4.74 Å². The van der Waals surface area contributed by atoms with Crippen molar-refractivity contribution in [3.8, 4) is 5.75 Å². The molecule has 1 aromatic carbocycles. The molecule has 2 aromatic rings. The summed E-state index contributed by atoms with van der Waals surface area (Å²) in [6.07, 6.45) is 0.492. The van der Waals surface area contributed by atoms with Crippen LogP contribution in [0.15, 0.2) is 30.6 Å². The number of aliphatic hydroxyl groups excluding tert-OH is 1. The summed E-state index contributed by atoms with van der Waals surface area (Å²) in [4.78, 5) is 11.9. The van der Waals surface area contributed by atoms with Crippen LogP contribution in [0.4, 0.5) is 0 Å². The fraction of sp³-hybridized carbons (Fsp3) is 0.273. The smallest absolute Gasteiger partial charge is 0.335 e. The highest BCUT2D eigenvalue weighted by Gasteiger charge is 2.08. The van der Waals surface area contributed by atoms with Crippen LogP contribution in [0.2, 0.25) is 0 Å². The summed E-state index contributed by atoms with van der Waals surface area (Å²) in [5.74, 6) is -0.514. The summed E-state index contributed by atoms with van der Waals surface area (Å²) in [7, 11) is 0. The predicted octanol–water partition coefficient (Wildman–Crippen LogP) is -0.189. The Kier molecular flexibility index (Phi) is 4.04. The van der Waals surface area contributed by atoms with Crippen molar-refractivity contribution < 1.29 is 19.7 Å². The van der Waals surface area contributed by atoms with Gasteiger partial charge >= 0.3 is 5.97 Å². The van der Waals surface area contributed by atoms with Crippen LogP contribution >= 0.6 is 0 Å². The van der Waals surface area contributed by atoms with Gasteiger partial charge in [-0.3, -0.25) is 0 Å². The summed E-state index contributed by atoms with van der Waals surface area (Å²) >= 11 is 0. The highest BCUT2D eigenvalue weighted by atomic mass is 16.5. The van der Waals surface area contributed by atoms with Gasteiger partial charge in [0.15, 0.2) is 6.33 Å². The lowest BCUT2D eigenvalue weighted by molar-refractivity contribution is 0.0696. The van der Waals surface area contributed by atoms with Crippen molar-refractivity contribution >= 4 is 5.97 Å². The number of ether oxygens (including phenoxy) is 1. The molecule has 2 N–H and O–H groups in total. The Morgan fingerprint density at radius 3 is 2.68 bits per heavy atom. The van der Waals surface area contributed by atoms with Gasteiger partial charge in [0.05, 0.1) is 12.1 Å². The minimum absolute atomic E-state index is 0.0496. The van der Waals surface area contributed by atoms with Crippen LogP contribution in [0.3, 0.4) is 0 Å². The van der Waals surface area contributed by atoms with Crippen molar-refractivity contribution in [3.05, 3.63) is 36.2 Å². The lowest BCUT2D eigenvalue weighted by atomic mass is 10.2. The summed E-state index contributed by atoms with van der Waals surface area (Å²) < 4.78 is 5.32. The third-order valence-electron chi connectivity index (χ3n) is 2.31. The maximum absolute atomic E-state index is 10.7. The second-order valence-electron chi connectivity index (χ2n) is 3.79. The van der Waals surface area contributed by atoms with E-state index in [1.54, 1.807) is 0 Å². The molecule has 0 bridgehead atoms. The zero-order valence-electron chi connectivity index (χ0n) is 9.88. The van der Waals surface area contributed by atoms with Gasteiger partial charge in [-0.1, -0.05) is 0 Å². The molecule has 0 amide bonds. The van der Waals surface area contributed by atoms with Crippen molar-refractivity contribution in [3.63, 3.8) is 0 Å². The first-order chi connectivity index (χ1) is 9.15. The van der Waals surface area contributed by atoms with Crippen molar-refractivity contribution in [2.24, 2.45) is 0 Å². The molecule has 0 radical (unpaired) electrons. The number of aromatic nitrogens is 4. The van der Waals surface area contributed by atoms with Crippen LogP contribution in [0.1, 0.15) is 10.4 Å². The Balaban J connectivity index is 1.83. The monoisotopic (exact) mass is 264 g/mol. The number of aromatic carboxylic acids is 1. The number of hydrogen-bond acceptors (Lipinski definition) is 6. The quantitative estimate of drug-likeness (QED) is 0.744. The molecule has 0 aliphatic rings. The van der Waals surface area contributed by atoms with E-state index in [0.29, 0.717) is 5.75 Å². The van der Waals surface area contributed by atoms with Gasteiger partial charge in [-0.05, 0) is 29.5 Å². The summed E-state index contributed by atoms with van der Waals surface area (Å²) in [6.45, 7) is 0.223. The molecule has 0 spiro atoms. The number of benzene rings is 1. The largest absolute Gasteiger partial charge is 0.491 e. The van der Waals surface area contributed by atoms with Gasteiger partial charge in [-0.2, -0.15) is 4.80 Å². The topological polar surface area (TPSA) is 110 Å². The number of carboxylic acids is 1. The molecule has 0 fully saturated rings. The van der Waals surface area contributed by atoms with Crippen molar-refractivity contribution in [2.45, 2.75) is 12.6 Å². The number of nitrogens with zero attached hydrogens (tertiary/aromatic N) is 4. The van der Waals surface area contributed by atoms with Gasteiger partial charge in [-0.15, -0.1) is 10.2 Å². The van der Waals surface area contributed by atoms with Crippen LogP contribution in [0, 0.1) is 0 Å². The molecule has 1 atom stereocenters. The SMILES string of the molecule is O=C(O)c1ccc(OCC(O)Cn2ncnn2)cc1. The molecule has 1 aromatic heterocycles. The molecule has 0 saturated carbocycles. The molecule has 100 valence electrons. The molecule has 1 heterocycles. The minimum atomic E-state index is -0.996. The Bertz CT molecular complexity index is 526. The number of tetrazole rings is 1. The van der Waals surface area contributed by atoms with Crippen LogP contribution in [0.25, 0.3) is 0 Å². The molecule has 2 rings (SSSR count). The molecule has 1 unspecified atom stereocenters. The fourth-order valence-corrected chi connectivity index (χ4v) is 1.40. The van der Waals surface area contributed by atoms with Crippen molar-refractivity contribution in [1.82, 2.24) is 20.2 Å². The van der Waals surface area contributed by atoms with Crippen molar-refractivity contribution in [2.75, 3.05) is 6.61 Å². The third kappa shape index (κ3) is 3.75. The molecular weight excluding hydrogens is 252 g/mol. The van der Waals surface area contributed by atoms with E-state index in [4.69, 9.17) is 9.84 Å². The summed E-state index contributed by atoms with van der Waals surface area (Å²) in [6, 6.07) is 5.93. The van der Waals surface area contributed by atoms with E-state index >= 15 is 0 Å². The number of carbonyl (C=O) groups is 1. The van der Waals surface area contributed by atoms with Crippen LogP contribution in [-0.4, -0.2) is 49.1 Å². The first-order valence-corrected chi connectivity index (χ1v) is 5.50. The normalized spacial score (nSPS) is 12.1. The Hall–Kier alpha value is -2.48. The van der Waals surface area contributed by atoms with E-state index in [-0.39, 0.29) is 18.7 Å². The molecular formula is C11H12N4O4. The Morgan fingerprint density at radius 1 is 1.37 bits per heavy atom. The molecule has 8 heteroatoms. The van der Waals surface area contributed by atoms with E-state index in [9.17, 15) is 9.90 Å². The fourth-order valence-electron chi connectivity index (χ4n) is 1.40. The summed E-state index contributed by atoms with van der Waals surface area (Å²) in [5, 5.41) is 29.3. The van der Waals surface area contributed by atoms with Gasteiger partial charge in [0.1, 0.15) is 18.5 Å². The first-order valence-electron chi connectivity index (χ1n) is 5.50. The zero-order chi connectivity index (χ0) is 13.7. The van der Waals surface area contributed by atoms with E-state index in [1.807, 2.05) is 0 Å². The van der Waals surface area contributed by atoms with E-state index < -0.39 is 12.1 Å². The van der Waals surface area contributed by atoms with E-state index in [1.165, 1.54) is 35.4 Å². The average Bonchev–Trinajstić information content (AvgIpc) is 2.89. The molecule has 0 aliphatic heterocycles. The zero-order valence-corrected chi connectivity index (χ0v) is 9.88. The number of carboxylic acid groups (broad SMARTS) is 1. The Morgan fingerprint density at radius 2 is 2.11 bits per heavy atom. The van der Waals surface area contributed by atoms with Crippen LogP contribution in [-0.2, 0) is 6.54 Å². The number of hydrogen-bond donors (Lipinski definition) is 2. The average molecular weight is 264 g/mol. The molecule has 0 saturated heterocycles. The van der Waals surface area contributed by atoms with E-state index in [2.05, 4.69) is 15.4 Å². The maximum Gasteiger partial charge on any atom is 0.335 e. The highest BCUT2D eigenvalue weighted by molar-refractivity contribution is 5.87. The van der Waals surface area contributed by atoms with Gasteiger partial charge in [0.25, 0.3) is 0 Å². The van der Waals surface area contributed by atoms with Crippen LogP contribution in [0.5, 0.6) is 5.75 Å². The van der Waals surface area contributed by atoms with Gasteiger partial charge in [0, 0.05) is 0 Å². The lowest BCUT2D eigenvalue weighted by Crippen LogP contribution is -2.24. The number of aliphatic hydroxyl groups is 1. The van der Waals surface area contributed by atoms with Gasteiger partial charge in [-0.25, -0.2) is 4.79 Å². The standard InChI is InChI=1S/C11H12N4O4/c16-9(5-15-13-7-12-14-15)6-19-10-3-1-8(2-4-10)11(17)18/h1-4,7,9,16H,5-6H2,(H,17,18). The Labute approximate surface area is 108 Å². The second kappa shape index (κ2) is 5.91. The maximum atomic E-state index is 10.7. The van der Waals surface area contributed by atoms with Gasteiger partial charge < -0.3 is 14.9 Å². The predicted molar refractivity (Wildman–Crippen MR) is 62.7 cm³/mol. The highest BCUT2D eigenvalue weighted by Crippen LogP contribution is 2.12. The molecule has 0 aliphatic carbocycles. The minimum Gasteiger partial charge on any atom is -0.491 e. The third-order valence-corrected chi connectivity index (χ3v) is 2.31. The van der Waals surface area contributed by atoms with E-state index in [0.717, 1.165) is 0 Å². The summed E-state index contributed by atoms with van der Waals surface area (Å²) in [5.41, 5.74) is 0.180. The van der Waals surface area contributed by atoms with Crippen molar-refractivity contribution in [1.29, 1.82) is 0 Å². The second-order valence-corrected chi connectivity index (χ2v) is 3.79. The lowest BCUT2D eigenvalue weighted by Gasteiger charge is -2.11. The number of rotatable bonds is 6. The first kappa shape index (κ1) is 13.0.